The van der Waals surface area contributed by atoms with Crippen LogP contribution in [0.5, 0.6) is 17.2 Å². The molecule has 0 bridgehead atoms. The molecule has 8 nitrogen and oxygen atoms in total. The van der Waals surface area contributed by atoms with Crippen LogP contribution in [0.15, 0.2) is 42.5 Å². The van der Waals surface area contributed by atoms with Crippen LogP contribution < -0.4 is 14.2 Å². The Hall–Kier alpha value is -3.63. The SMILES string of the molecule is Cc1cc(OC2CCN(S(C)(=O)=O)C2)cc(C)c1-c1ccc(F)c2c1CC[C@H]2Oc1ccc2c(c1)OCC2CC(=O)O. The summed E-state index contributed by atoms with van der Waals surface area (Å²) >= 11 is 0. The number of nitrogens with zero attached hydrogens (tertiary/aromatic N) is 1. The maximum absolute atomic E-state index is 15.3. The minimum atomic E-state index is -3.24. The van der Waals surface area contributed by atoms with Crippen molar-refractivity contribution in [2.75, 3.05) is 26.0 Å². The molecule has 3 aromatic rings. The Labute approximate surface area is 245 Å². The van der Waals surface area contributed by atoms with Crippen molar-refractivity contribution in [1.29, 1.82) is 0 Å². The van der Waals surface area contributed by atoms with Gasteiger partial charge >= 0.3 is 5.97 Å². The molecule has 3 aliphatic rings. The molecule has 0 saturated carbocycles. The van der Waals surface area contributed by atoms with Gasteiger partial charge in [-0.05, 0) is 85.2 Å². The summed E-state index contributed by atoms with van der Waals surface area (Å²) in [5.74, 6) is 0.500. The summed E-state index contributed by atoms with van der Waals surface area (Å²) in [7, 11) is -3.24. The van der Waals surface area contributed by atoms with Gasteiger partial charge < -0.3 is 19.3 Å². The van der Waals surface area contributed by atoms with E-state index in [-0.39, 0.29) is 24.3 Å². The van der Waals surface area contributed by atoms with Crippen molar-refractivity contribution in [3.8, 4) is 28.4 Å². The molecule has 0 aromatic heterocycles. The first-order valence-corrected chi connectivity index (χ1v) is 16.0. The van der Waals surface area contributed by atoms with Crippen LogP contribution in [0.2, 0.25) is 0 Å². The molecule has 2 aliphatic heterocycles. The van der Waals surface area contributed by atoms with E-state index in [1.54, 1.807) is 12.1 Å². The quantitative estimate of drug-likeness (QED) is 0.365. The third kappa shape index (κ3) is 5.45. The third-order valence-electron chi connectivity index (χ3n) is 8.50. The first-order chi connectivity index (χ1) is 20.0. The number of fused-ring (bicyclic) bond motifs is 2. The van der Waals surface area contributed by atoms with E-state index in [4.69, 9.17) is 19.3 Å². The number of rotatable bonds is 8. The van der Waals surface area contributed by atoms with Crippen LogP contribution in [-0.2, 0) is 21.2 Å². The van der Waals surface area contributed by atoms with Gasteiger partial charge in [0.2, 0.25) is 10.0 Å². The summed E-state index contributed by atoms with van der Waals surface area (Å²) in [6, 6.07) is 12.7. The van der Waals surface area contributed by atoms with Gasteiger partial charge in [-0.25, -0.2) is 12.8 Å². The molecule has 3 aromatic carbocycles. The number of aryl methyl sites for hydroxylation is 2. The lowest BCUT2D eigenvalue weighted by Gasteiger charge is -2.20. The highest BCUT2D eigenvalue weighted by Crippen LogP contribution is 2.45. The average molecular weight is 596 g/mol. The van der Waals surface area contributed by atoms with Crippen molar-refractivity contribution in [2.24, 2.45) is 0 Å². The fourth-order valence-electron chi connectivity index (χ4n) is 6.60. The summed E-state index contributed by atoms with van der Waals surface area (Å²) < 4.78 is 58.7. The number of benzene rings is 3. The number of sulfonamides is 1. The van der Waals surface area contributed by atoms with Gasteiger partial charge in [0.25, 0.3) is 0 Å². The third-order valence-corrected chi connectivity index (χ3v) is 9.77. The van der Waals surface area contributed by atoms with Gasteiger partial charge in [-0.2, -0.15) is 4.31 Å². The van der Waals surface area contributed by atoms with E-state index in [0.717, 1.165) is 33.4 Å². The Morgan fingerprint density at radius 1 is 1.07 bits per heavy atom. The zero-order chi connectivity index (χ0) is 29.8. The van der Waals surface area contributed by atoms with Gasteiger partial charge in [-0.3, -0.25) is 4.79 Å². The van der Waals surface area contributed by atoms with Gasteiger partial charge in [0.05, 0.1) is 25.8 Å². The zero-order valence-corrected chi connectivity index (χ0v) is 24.7. The summed E-state index contributed by atoms with van der Waals surface area (Å²) in [5, 5.41) is 9.16. The molecule has 1 N–H and O–H groups in total. The molecule has 1 saturated heterocycles. The van der Waals surface area contributed by atoms with Crippen LogP contribution >= 0.6 is 0 Å². The van der Waals surface area contributed by atoms with E-state index < -0.39 is 22.1 Å². The average Bonchev–Trinajstić information content (AvgIpc) is 3.64. The van der Waals surface area contributed by atoms with E-state index in [1.807, 2.05) is 38.1 Å². The molecule has 3 atom stereocenters. The Kier molecular flexibility index (Phi) is 7.39. The lowest BCUT2D eigenvalue weighted by molar-refractivity contribution is -0.137. The molecule has 0 spiro atoms. The van der Waals surface area contributed by atoms with E-state index in [1.165, 1.54) is 16.6 Å². The molecule has 10 heteroatoms. The molecule has 2 unspecified atom stereocenters. The number of carboxylic acid groups (broad SMARTS) is 1. The molecule has 2 heterocycles. The normalized spacial score (nSPS) is 21.6. The lowest BCUT2D eigenvalue weighted by Crippen LogP contribution is -2.29. The Morgan fingerprint density at radius 3 is 2.52 bits per heavy atom. The van der Waals surface area contributed by atoms with Crippen LogP contribution in [0, 0.1) is 19.7 Å². The minimum Gasteiger partial charge on any atom is -0.492 e. The van der Waals surface area contributed by atoms with Crippen molar-refractivity contribution in [3.63, 3.8) is 0 Å². The monoisotopic (exact) mass is 595 g/mol. The highest BCUT2D eigenvalue weighted by Gasteiger charge is 2.33. The van der Waals surface area contributed by atoms with Gasteiger partial charge in [0.1, 0.15) is 35.3 Å². The van der Waals surface area contributed by atoms with Crippen molar-refractivity contribution in [1.82, 2.24) is 4.31 Å². The molecule has 42 heavy (non-hydrogen) atoms. The van der Waals surface area contributed by atoms with Crippen LogP contribution in [0.1, 0.15) is 59.1 Å². The van der Waals surface area contributed by atoms with Crippen molar-refractivity contribution in [3.05, 3.63) is 76.1 Å². The second-order valence-electron chi connectivity index (χ2n) is 11.5. The van der Waals surface area contributed by atoms with E-state index in [0.29, 0.717) is 61.8 Å². The highest BCUT2D eigenvalue weighted by molar-refractivity contribution is 7.88. The fourth-order valence-corrected chi connectivity index (χ4v) is 7.48. The van der Waals surface area contributed by atoms with Gasteiger partial charge in [-0.15, -0.1) is 0 Å². The van der Waals surface area contributed by atoms with E-state index in [9.17, 15) is 13.2 Å². The molecular formula is C32H34FNO7S. The summed E-state index contributed by atoms with van der Waals surface area (Å²) in [6.45, 7) is 5.12. The standard InChI is InChI=1S/C32H34FNO7S/c1-18-12-23(40-22-10-11-34(16-22)42(3,37)38)13-19(2)31(18)25-6-8-27(33)32-26(25)7-9-28(32)41-21-4-5-24-20(14-30(35)36)17-39-29(24)15-21/h4-6,8,12-13,15,20,22,28H,7,9-11,14,16-17H2,1-3H3,(H,35,36)/t20?,22?,28-/m1/s1. The molecule has 1 fully saturated rings. The van der Waals surface area contributed by atoms with Gasteiger partial charge in [-0.1, -0.05) is 12.1 Å². The number of carbonyl (C=O) groups is 1. The Morgan fingerprint density at radius 2 is 1.83 bits per heavy atom. The number of aliphatic carboxylic acids is 1. The van der Waals surface area contributed by atoms with Crippen LogP contribution in [-0.4, -0.2) is 55.9 Å². The van der Waals surface area contributed by atoms with Crippen LogP contribution in [0.4, 0.5) is 4.39 Å². The van der Waals surface area contributed by atoms with Crippen LogP contribution in [0.25, 0.3) is 11.1 Å². The maximum atomic E-state index is 15.3. The van der Waals surface area contributed by atoms with Gasteiger partial charge in [0, 0.05) is 29.7 Å². The fraction of sp³-hybridized carbons (Fsp3) is 0.406. The minimum absolute atomic E-state index is 0.00546. The molecule has 6 rings (SSSR count). The topological polar surface area (TPSA) is 102 Å². The summed E-state index contributed by atoms with van der Waals surface area (Å²) in [4.78, 5) is 11.2. The number of carboxylic acids is 1. The smallest absolute Gasteiger partial charge is 0.304 e. The number of halogens is 1. The predicted molar refractivity (Wildman–Crippen MR) is 155 cm³/mol. The van der Waals surface area contributed by atoms with Gasteiger partial charge in [0.15, 0.2) is 0 Å². The second kappa shape index (κ2) is 10.9. The first-order valence-electron chi connectivity index (χ1n) is 14.2. The molecule has 1 aliphatic carbocycles. The number of hydrogen-bond acceptors (Lipinski definition) is 6. The largest absolute Gasteiger partial charge is 0.492 e. The molecule has 0 amide bonds. The highest BCUT2D eigenvalue weighted by atomic mass is 32.2. The van der Waals surface area contributed by atoms with E-state index >= 15 is 4.39 Å². The number of hydrogen-bond donors (Lipinski definition) is 1. The molecular weight excluding hydrogens is 561 g/mol. The van der Waals surface area contributed by atoms with Crippen molar-refractivity contribution < 1.29 is 36.9 Å². The van der Waals surface area contributed by atoms with E-state index in [2.05, 4.69) is 0 Å². The Bertz CT molecular complexity index is 1650. The summed E-state index contributed by atoms with van der Waals surface area (Å²) in [6.07, 6.45) is 2.48. The lowest BCUT2D eigenvalue weighted by atomic mass is 9.90. The van der Waals surface area contributed by atoms with Crippen molar-refractivity contribution in [2.45, 2.75) is 57.7 Å². The zero-order valence-electron chi connectivity index (χ0n) is 23.9. The maximum Gasteiger partial charge on any atom is 0.304 e. The predicted octanol–water partition coefficient (Wildman–Crippen LogP) is 5.54. The molecule has 0 radical (unpaired) electrons. The first kappa shape index (κ1) is 28.5. The number of ether oxygens (including phenoxy) is 3. The summed E-state index contributed by atoms with van der Waals surface area (Å²) in [5.41, 5.74) is 6.32. The van der Waals surface area contributed by atoms with Crippen LogP contribution in [0.3, 0.4) is 0 Å². The second-order valence-corrected chi connectivity index (χ2v) is 13.5. The van der Waals surface area contributed by atoms with Crippen molar-refractivity contribution >= 4 is 16.0 Å². The Balaban J connectivity index is 1.23. The molecule has 222 valence electrons.